The quantitative estimate of drug-likeness (QED) is 0.776. The minimum atomic E-state index is -3.37. The predicted molar refractivity (Wildman–Crippen MR) is 90.8 cm³/mol. The molecule has 0 spiro atoms. The van der Waals surface area contributed by atoms with E-state index in [0.717, 1.165) is 5.56 Å². The molecule has 25 heavy (non-hydrogen) atoms. The smallest absolute Gasteiger partial charge is 0.257 e. The molecule has 136 valence electrons. The zero-order valence-electron chi connectivity index (χ0n) is 14.3. The van der Waals surface area contributed by atoms with E-state index >= 15 is 0 Å². The third-order valence-electron chi connectivity index (χ3n) is 4.23. The van der Waals surface area contributed by atoms with Crippen LogP contribution in [0.3, 0.4) is 0 Å². The molecule has 10 heteroatoms. The highest BCUT2D eigenvalue weighted by Gasteiger charge is 2.34. The first-order valence-electron chi connectivity index (χ1n) is 7.87. The number of rotatable bonds is 5. The summed E-state index contributed by atoms with van der Waals surface area (Å²) < 4.78 is 32.3. The summed E-state index contributed by atoms with van der Waals surface area (Å²) in [6, 6.07) is -0.373. The molecule has 0 aromatic carbocycles. The van der Waals surface area contributed by atoms with E-state index in [1.807, 2.05) is 6.92 Å². The van der Waals surface area contributed by atoms with E-state index in [9.17, 15) is 13.2 Å². The fourth-order valence-corrected chi connectivity index (χ4v) is 3.88. The summed E-state index contributed by atoms with van der Waals surface area (Å²) in [6.45, 7) is 2.47. The monoisotopic (exact) mass is 367 g/mol. The lowest BCUT2D eigenvalue weighted by Crippen LogP contribution is -2.43. The standard InChI is InChI=1S/C15H21N5O4S/c1-10-4-16-14-12(5-17-20(14)6-10)15(21)18-13-8-24-7-11(13)9-25(22,23)19(2)3/h4-6,11,13H,7-9H2,1-3H3,(H,18,21)/t11-,13+/m0/s1. The summed E-state index contributed by atoms with van der Waals surface area (Å²) in [7, 11) is -0.387. The highest BCUT2D eigenvalue weighted by molar-refractivity contribution is 7.89. The number of amides is 1. The van der Waals surface area contributed by atoms with Crippen LogP contribution in [0, 0.1) is 12.8 Å². The highest BCUT2D eigenvalue weighted by Crippen LogP contribution is 2.18. The zero-order chi connectivity index (χ0) is 18.2. The first kappa shape index (κ1) is 17.8. The van der Waals surface area contributed by atoms with E-state index in [1.54, 1.807) is 16.9 Å². The van der Waals surface area contributed by atoms with E-state index in [-0.39, 0.29) is 30.2 Å². The lowest BCUT2D eigenvalue weighted by molar-refractivity contribution is 0.0927. The van der Waals surface area contributed by atoms with Crippen molar-refractivity contribution in [2.24, 2.45) is 5.92 Å². The Bertz CT molecular complexity index is 892. The largest absolute Gasteiger partial charge is 0.379 e. The number of nitrogens with one attached hydrogen (secondary N) is 1. The van der Waals surface area contributed by atoms with Crippen LogP contribution < -0.4 is 5.32 Å². The van der Waals surface area contributed by atoms with Crippen LogP contribution in [0.25, 0.3) is 5.65 Å². The minimum Gasteiger partial charge on any atom is -0.379 e. The van der Waals surface area contributed by atoms with Gasteiger partial charge in [-0.3, -0.25) is 4.79 Å². The van der Waals surface area contributed by atoms with Gasteiger partial charge in [-0.15, -0.1) is 0 Å². The summed E-state index contributed by atoms with van der Waals surface area (Å²) >= 11 is 0. The Balaban J connectivity index is 1.75. The van der Waals surface area contributed by atoms with Crippen LogP contribution in [0.2, 0.25) is 0 Å². The van der Waals surface area contributed by atoms with Gasteiger partial charge in [-0.2, -0.15) is 5.10 Å². The molecule has 2 atom stereocenters. The van der Waals surface area contributed by atoms with Gasteiger partial charge in [-0.05, 0) is 12.5 Å². The fraction of sp³-hybridized carbons (Fsp3) is 0.533. The van der Waals surface area contributed by atoms with Gasteiger partial charge in [-0.25, -0.2) is 22.2 Å². The van der Waals surface area contributed by atoms with Gasteiger partial charge in [0.25, 0.3) is 5.91 Å². The number of fused-ring (bicyclic) bond motifs is 1. The SMILES string of the molecule is Cc1cnc2c(C(=O)N[C@@H]3COC[C@H]3CS(=O)(=O)N(C)C)cnn2c1. The van der Waals surface area contributed by atoms with Crippen LogP contribution in [0.1, 0.15) is 15.9 Å². The van der Waals surface area contributed by atoms with Crippen LogP contribution in [0.15, 0.2) is 18.6 Å². The summed E-state index contributed by atoms with van der Waals surface area (Å²) in [6.07, 6.45) is 4.90. The highest BCUT2D eigenvalue weighted by atomic mass is 32.2. The average Bonchev–Trinajstić information content (AvgIpc) is 3.13. The maximum absolute atomic E-state index is 12.6. The Labute approximate surface area is 146 Å². The zero-order valence-corrected chi connectivity index (χ0v) is 15.2. The van der Waals surface area contributed by atoms with E-state index in [2.05, 4.69) is 15.4 Å². The predicted octanol–water partition coefficient (Wildman–Crippen LogP) is -0.326. The first-order valence-corrected chi connectivity index (χ1v) is 9.47. The third kappa shape index (κ3) is 3.65. The molecular formula is C15H21N5O4S. The Morgan fingerprint density at radius 2 is 2.16 bits per heavy atom. The van der Waals surface area contributed by atoms with E-state index in [1.165, 1.54) is 24.6 Å². The van der Waals surface area contributed by atoms with Crippen molar-refractivity contribution in [3.8, 4) is 0 Å². The Kier molecular flexibility index (Phi) is 4.76. The Hall–Kier alpha value is -2.04. The van der Waals surface area contributed by atoms with Gasteiger partial charge in [0.05, 0.1) is 31.2 Å². The lowest BCUT2D eigenvalue weighted by atomic mass is 10.1. The molecule has 0 saturated carbocycles. The second-order valence-corrected chi connectivity index (χ2v) is 8.62. The van der Waals surface area contributed by atoms with Crippen molar-refractivity contribution in [1.29, 1.82) is 0 Å². The molecule has 1 aliphatic heterocycles. The molecule has 2 aromatic rings. The van der Waals surface area contributed by atoms with Crippen molar-refractivity contribution in [2.75, 3.05) is 33.1 Å². The van der Waals surface area contributed by atoms with Crippen LogP contribution in [0.5, 0.6) is 0 Å². The number of nitrogens with zero attached hydrogens (tertiary/aromatic N) is 4. The minimum absolute atomic E-state index is 0.0723. The Morgan fingerprint density at radius 3 is 2.88 bits per heavy atom. The molecule has 0 bridgehead atoms. The number of sulfonamides is 1. The van der Waals surface area contributed by atoms with Crippen molar-refractivity contribution in [1.82, 2.24) is 24.2 Å². The number of hydrogen-bond acceptors (Lipinski definition) is 6. The molecular weight excluding hydrogens is 346 g/mol. The summed E-state index contributed by atoms with van der Waals surface area (Å²) in [5, 5.41) is 7.00. The maximum atomic E-state index is 12.6. The molecule has 1 N–H and O–H groups in total. The molecule has 9 nitrogen and oxygen atoms in total. The topological polar surface area (TPSA) is 106 Å². The molecule has 0 unspecified atom stereocenters. The van der Waals surface area contributed by atoms with Gasteiger partial charge >= 0.3 is 0 Å². The van der Waals surface area contributed by atoms with Crippen LogP contribution >= 0.6 is 0 Å². The number of hydrogen-bond donors (Lipinski definition) is 1. The van der Waals surface area contributed by atoms with Gasteiger partial charge in [0.2, 0.25) is 10.0 Å². The number of carbonyl (C=O) groups excluding carboxylic acids is 1. The van der Waals surface area contributed by atoms with Crippen molar-refractivity contribution < 1.29 is 17.9 Å². The van der Waals surface area contributed by atoms with E-state index < -0.39 is 10.0 Å². The summed E-state index contributed by atoms with van der Waals surface area (Å²) in [5.74, 6) is -0.709. The molecule has 1 aliphatic rings. The normalized spacial score (nSPS) is 21.1. The molecule has 1 saturated heterocycles. The number of aryl methyl sites for hydroxylation is 1. The van der Waals surface area contributed by atoms with Crippen molar-refractivity contribution in [3.05, 3.63) is 29.7 Å². The van der Waals surface area contributed by atoms with Gasteiger partial charge in [0.1, 0.15) is 5.56 Å². The average molecular weight is 367 g/mol. The molecule has 0 radical (unpaired) electrons. The van der Waals surface area contributed by atoms with Gasteiger partial charge < -0.3 is 10.1 Å². The first-order chi connectivity index (χ1) is 11.8. The van der Waals surface area contributed by atoms with Crippen LogP contribution in [-0.2, 0) is 14.8 Å². The maximum Gasteiger partial charge on any atom is 0.257 e. The second-order valence-electron chi connectivity index (χ2n) is 6.40. The van der Waals surface area contributed by atoms with Gasteiger partial charge in [-0.1, -0.05) is 0 Å². The van der Waals surface area contributed by atoms with Crippen molar-refractivity contribution in [2.45, 2.75) is 13.0 Å². The number of aromatic nitrogens is 3. The second kappa shape index (κ2) is 6.70. The summed E-state index contributed by atoms with van der Waals surface area (Å²) in [5.41, 5.74) is 1.74. The van der Waals surface area contributed by atoms with Gasteiger partial charge in [0, 0.05) is 32.4 Å². The molecule has 1 fully saturated rings. The molecule has 3 rings (SSSR count). The number of ether oxygens (including phenoxy) is 1. The van der Waals surface area contributed by atoms with Crippen LogP contribution in [-0.4, -0.2) is 72.3 Å². The lowest BCUT2D eigenvalue weighted by Gasteiger charge is -2.20. The third-order valence-corrected chi connectivity index (χ3v) is 6.19. The number of carbonyl (C=O) groups is 1. The van der Waals surface area contributed by atoms with E-state index in [0.29, 0.717) is 17.8 Å². The van der Waals surface area contributed by atoms with E-state index in [4.69, 9.17) is 4.74 Å². The molecule has 0 aliphatic carbocycles. The van der Waals surface area contributed by atoms with Crippen LogP contribution in [0.4, 0.5) is 0 Å². The summed E-state index contributed by atoms with van der Waals surface area (Å²) in [4.78, 5) is 16.8. The van der Waals surface area contributed by atoms with Crippen molar-refractivity contribution in [3.63, 3.8) is 0 Å². The fourth-order valence-electron chi connectivity index (χ4n) is 2.72. The molecule has 1 amide bonds. The molecule has 3 heterocycles. The Morgan fingerprint density at radius 1 is 1.40 bits per heavy atom. The van der Waals surface area contributed by atoms with Crippen molar-refractivity contribution >= 4 is 21.6 Å². The van der Waals surface area contributed by atoms with Gasteiger partial charge in [0.15, 0.2) is 5.65 Å². The molecule has 2 aromatic heterocycles.